The first-order valence-electron chi connectivity index (χ1n) is 8.96. The Labute approximate surface area is 165 Å². The van der Waals surface area contributed by atoms with Crippen LogP contribution in [0.5, 0.6) is 0 Å². The second kappa shape index (κ2) is 8.82. The largest absolute Gasteiger partial charge is 0.322 e. The maximum atomic E-state index is 12.5. The molecule has 0 spiro atoms. The lowest BCUT2D eigenvalue weighted by Crippen LogP contribution is -2.26. The van der Waals surface area contributed by atoms with Crippen molar-refractivity contribution in [3.63, 3.8) is 0 Å². The molecule has 3 aromatic carbocycles. The first-order valence-corrected chi connectivity index (χ1v) is 10.4. The summed E-state index contributed by atoms with van der Waals surface area (Å²) >= 11 is 0. The van der Waals surface area contributed by atoms with Crippen molar-refractivity contribution in [1.82, 2.24) is 4.72 Å². The highest BCUT2D eigenvalue weighted by molar-refractivity contribution is 7.89. The molecular weight excluding hydrogens is 372 g/mol. The van der Waals surface area contributed by atoms with Gasteiger partial charge < -0.3 is 5.32 Å². The number of hydrogen-bond donors (Lipinski definition) is 2. The lowest BCUT2D eigenvalue weighted by Gasteiger charge is -2.12. The molecule has 1 amide bonds. The highest BCUT2D eigenvalue weighted by atomic mass is 32.2. The molecule has 0 aromatic heterocycles. The van der Waals surface area contributed by atoms with Crippen LogP contribution in [-0.2, 0) is 16.4 Å². The minimum Gasteiger partial charge on any atom is -0.322 e. The fourth-order valence-corrected chi connectivity index (χ4v) is 3.90. The quantitative estimate of drug-likeness (QED) is 0.641. The molecule has 0 bridgehead atoms. The van der Waals surface area contributed by atoms with Crippen LogP contribution < -0.4 is 10.0 Å². The zero-order chi connectivity index (χ0) is 20.0. The smallest absolute Gasteiger partial charge is 0.255 e. The molecule has 0 aliphatic rings. The van der Waals surface area contributed by atoms with Gasteiger partial charge in [-0.3, -0.25) is 4.79 Å². The molecule has 6 heteroatoms. The Morgan fingerprint density at radius 2 is 1.54 bits per heavy atom. The van der Waals surface area contributed by atoms with Crippen molar-refractivity contribution < 1.29 is 13.2 Å². The van der Waals surface area contributed by atoms with Crippen molar-refractivity contribution in [2.24, 2.45) is 0 Å². The third kappa shape index (κ3) is 5.06. The van der Waals surface area contributed by atoms with Crippen LogP contribution in [0.3, 0.4) is 0 Å². The van der Waals surface area contributed by atoms with E-state index in [0.717, 1.165) is 5.56 Å². The van der Waals surface area contributed by atoms with Crippen LogP contribution in [0.1, 0.15) is 21.5 Å². The summed E-state index contributed by atoms with van der Waals surface area (Å²) in [6.45, 7) is 2.08. The number of rotatable bonds is 7. The molecule has 28 heavy (non-hydrogen) atoms. The molecule has 0 saturated carbocycles. The van der Waals surface area contributed by atoms with E-state index in [1.165, 1.54) is 6.07 Å². The van der Waals surface area contributed by atoms with Crippen molar-refractivity contribution in [2.45, 2.75) is 18.2 Å². The second-order valence-corrected chi connectivity index (χ2v) is 8.20. The number of benzene rings is 3. The Balaban J connectivity index is 1.66. The third-order valence-corrected chi connectivity index (χ3v) is 5.80. The van der Waals surface area contributed by atoms with E-state index in [9.17, 15) is 13.2 Å². The second-order valence-electron chi connectivity index (χ2n) is 6.43. The van der Waals surface area contributed by atoms with Crippen molar-refractivity contribution in [3.8, 4) is 0 Å². The van der Waals surface area contributed by atoms with Gasteiger partial charge in [0, 0.05) is 17.8 Å². The van der Waals surface area contributed by atoms with Crippen molar-refractivity contribution in [2.75, 3.05) is 11.9 Å². The van der Waals surface area contributed by atoms with Crippen LogP contribution in [0.15, 0.2) is 83.8 Å². The average Bonchev–Trinajstić information content (AvgIpc) is 2.70. The van der Waals surface area contributed by atoms with E-state index < -0.39 is 10.0 Å². The standard InChI is InChI=1S/C22H22N2O3S/c1-17-16-20(28(26,27)23-15-14-18-8-4-2-5-9-18)12-13-21(17)24-22(25)19-10-6-3-7-11-19/h2-13,16,23H,14-15H2,1H3,(H,24,25). The molecule has 3 rings (SSSR count). The Kier molecular flexibility index (Phi) is 6.23. The molecule has 2 N–H and O–H groups in total. The van der Waals surface area contributed by atoms with Gasteiger partial charge in [-0.1, -0.05) is 48.5 Å². The van der Waals surface area contributed by atoms with E-state index in [1.807, 2.05) is 36.4 Å². The predicted octanol–water partition coefficient (Wildman–Crippen LogP) is 3.77. The van der Waals surface area contributed by atoms with Crippen molar-refractivity contribution >= 4 is 21.6 Å². The lowest BCUT2D eigenvalue weighted by atomic mass is 10.1. The number of amides is 1. The maximum Gasteiger partial charge on any atom is 0.255 e. The van der Waals surface area contributed by atoms with Crippen LogP contribution >= 0.6 is 0 Å². The van der Waals surface area contributed by atoms with Gasteiger partial charge in [0.15, 0.2) is 0 Å². The summed E-state index contributed by atoms with van der Waals surface area (Å²) in [5.41, 5.74) is 2.87. The first kappa shape index (κ1) is 19.8. The van der Waals surface area contributed by atoms with E-state index >= 15 is 0 Å². The molecule has 0 aliphatic carbocycles. The minimum atomic E-state index is -3.61. The molecular formula is C22H22N2O3S. The summed E-state index contributed by atoms with van der Waals surface area (Å²) in [6.07, 6.45) is 0.615. The van der Waals surface area contributed by atoms with Gasteiger partial charge in [0.25, 0.3) is 5.91 Å². The van der Waals surface area contributed by atoms with E-state index in [0.29, 0.717) is 29.8 Å². The minimum absolute atomic E-state index is 0.177. The Hall–Kier alpha value is -2.96. The topological polar surface area (TPSA) is 75.3 Å². The summed E-state index contributed by atoms with van der Waals surface area (Å²) in [7, 11) is -3.61. The fraction of sp³-hybridized carbons (Fsp3) is 0.136. The molecule has 0 unspecified atom stereocenters. The fourth-order valence-electron chi connectivity index (χ4n) is 2.79. The molecule has 0 fully saturated rings. The van der Waals surface area contributed by atoms with Gasteiger partial charge in [0.1, 0.15) is 0 Å². The summed E-state index contributed by atoms with van der Waals surface area (Å²) < 4.78 is 27.7. The van der Waals surface area contributed by atoms with Gasteiger partial charge in [0.05, 0.1) is 4.90 Å². The van der Waals surface area contributed by atoms with Crippen LogP contribution in [0.25, 0.3) is 0 Å². The summed E-state index contributed by atoms with van der Waals surface area (Å²) in [5.74, 6) is -0.236. The molecule has 0 aliphatic heterocycles. The van der Waals surface area contributed by atoms with E-state index in [-0.39, 0.29) is 10.8 Å². The van der Waals surface area contributed by atoms with Gasteiger partial charge in [-0.15, -0.1) is 0 Å². The number of hydrogen-bond acceptors (Lipinski definition) is 3. The maximum absolute atomic E-state index is 12.5. The van der Waals surface area contributed by atoms with Gasteiger partial charge >= 0.3 is 0 Å². The number of carbonyl (C=O) groups excluding carboxylic acids is 1. The van der Waals surface area contributed by atoms with E-state index in [1.54, 1.807) is 43.3 Å². The number of anilines is 1. The van der Waals surface area contributed by atoms with Gasteiger partial charge in [-0.05, 0) is 54.8 Å². The molecule has 3 aromatic rings. The first-order chi connectivity index (χ1) is 13.5. The molecule has 0 heterocycles. The molecule has 0 atom stereocenters. The average molecular weight is 394 g/mol. The SMILES string of the molecule is Cc1cc(S(=O)(=O)NCCc2ccccc2)ccc1NC(=O)c1ccccc1. The molecule has 144 valence electrons. The predicted molar refractivity (Wildman–Crippen MR) is 111 cm³/mol. The van der Waals surface area contributed by atoms with Gasteiger partial charge in [-0.25, -0.2) is 13.1 Å². The Bertz CT molecular complexity index is 1050. The molecule has 5 nitrogen and oxygen atoms in total. The van der Waals surface area contributed by atoms with Crippen molar-refractivity contribution in [3.05, 3.63) is 95.6 Å². The number of aryl methyl sites for hydroxylation is 1. The van der Waals surface area contributed by atoms with E-state index in [4.69, 9.17) is 0 Å². The highest BCUT2D eigenvalue weighted by Gasteiger charge is 2.15. The summed E-state index contributed by atoms with van der Waals surface area (Å²) in [5, 5.41) is 2.82. The van der Waals surface area contributed by atoms with E-state index in [2.05, 4.69) is 10.0 Å². The van der Waals surface area contributed by atoms with Gasteiger partial charge in [-0.2, -0.15) is 0 Å². The molecule has 0 radical (unpaired) electrons. The number of carbonyl (C=O) groups is 1. The monoisotopic (exact) mass is 394 g/mol. The zero-order valence-electron chi connectivity index (χ0n) is 15.6. The van der Waals surface area contributed by atoms with Crippen molar-refractivity contribution in [1.29, 1.82) is 0 Å². The summed E-state index contributed by atoms with van der Waals surface area (Å²) in [4.78, 5) is 12.5. The highest BCUT2D eigenvalue weighted by Crippen LogP contribution is 2.20. The number of nitrogens with one attached hydrogen (secondary N) is 2. The van der Waals surface area contributed by atoms with Gasteiger partial charge in [0.2, 0.25) is 10.0 Å². The number of sulfonamides is 1. The van der Waals surface area contributed by atoms with Crippen LogP contribution in [0.4, 0.5) is 5.69 Å². The summed E-state index contributed by atoms with van der Waals surface area (Å²) in [6, 6.07) is 23.2. The Morgan fingerprint density at radius 1 is 0.893 bits per heavy atom. The normalized spacial score (nSPS) is 11.2. The lowest BCUT2D eigenvalue weighted by molar-refractivity contribution is 0.102. The van der Waals surface area contributed by atoms with Crippen LogP contribution in [0, 0.1) is 6.92 Å². The molecule has 0 saturated heterocycles. The van der Waals surface area contributed by atoms with Crippen LogP contribution in [0.2, 0.25) is 0 Å². The third-order valence-electron chi connectivity index (χ3n) is 4.34. The Morgan fingerprint density at radius 3 is 2.18 bits per heavy atom. The zero-order valence-corrected chi connectivity index (χ0v) is 16.4. The van der Waals surface area contributed by atoms with Crippen LogP contribution in [-0.4, -0.2) is 20.9 Å².